The Bertz CT molecular complexity index is 1350. The Morgan fingerprint density at radius 1 is 1.06 bits per heavy atom. The summed E-state index contributed by atoms with van der Waals surface area (Å²) in [6, 6.07) is 16.7. The van der Waals surface area contributed by atoms with Gasteiger partial charge in [0.15, 0.2) is 0 Å². The van der Waals surface area contributed by atoms with Crippen LogP contribution in [-0.2, 0) is 27.8 Å². The highest BCUT2D eigenvalue weighted by atomic mass is 35.5. The molecule has 1 heterocycles. The maximum Gasteiger partial charge on any atom is 0.324 e. The van der Waals surface area contributed by atoms with Gasteiger partial charge in [0.2, 0.25) is 0 Å². The Labute approximate surface area is 205 Å². The van der Waals surface area contributed by atoms with Crippen molar-refractivity contribution in [3.8, 4) is 0 Å². The molecule has 0 saturated carbocycles. The van der Waals surface area contributed by atoms with E-state index in [9.17, 15) is 18.3 Å². The third-order valence-electron chi connectivity index (χ3n) is 6.06. The summed E-state index contributed by atoms with van der Waals surface area (Å²) in [5.41, 5.74) is 5.35. The smallest absolute Gasteiger partial charge is 0.324 e. The molecule has 0 aliphatic carbocycles. The molecule has 1 aliphatic heterocycles. The Kier molecular flexibility index (Phi) is 6.60. The molecule has 0 fully saturated rings. The highest BCUT2D eigenvalue weighted by molar-refractivity contribution is 7.93. The predicted molar refractivity (Wildman–Crippen MR) is 135 cm³/mol. The number of aliphatic carboxylic acids is 1. The number of halogens is 1. The Hall–Kier alpha value is -3.03. The fraction of sp³-hybridized carbons (Fsp3) is 0.269. The quantitative estimate of drug-likeness (QED) is 0.490. The maximum atomic E-state index is 13.9. The van der Waals surface area contributed by atoms with Gasteiger partial charge in [0, 0.05) is 29.4 Å². The third kappa shape index (κ3) is 4.63. The lowest BCUT2D eigenvalue weighted by Crippen LogP contribution is -2.37. The molecule has 0 radical (unpaired) electrons. The van der Waals surface area contributed by atoms with Gasteiger partial charge < -0.3 is 10.0 Å². The molecule has 34 heavy (non-hydrogen) atoms. The minimum absolute atomic E-state index is 0.158. The highest BCUT2D eigenvalue weighted by Crippen LogP contribution is 2.39. The van der Waals surface area contributed by atoms with Crippen molar-refractivity contribution in [3.05, 3.63) is 87.4 Å². The van der Waals surface area contributed by atoms with Gasteiger partial charge in [-0.2, -0.15) is 0 Å². The zero-order valence-electron chi connectivity index (χ0n) is 19.4. The summed E-state index contributed by atoms with van der Waals surface area (Å²) in [6.07, 6.45) is 0.615. The van der Waals surface area contributed by atoms with Crippen LogP contribution in [0, 0.1) is 20.8 Å². The molecule has 0 saturated heterocycles. The zero-order valence-corrected chi connectivity index (χ0v) is 20.9. The predicted octanol–water partition coefficient (Wildman–Crippen LogP) is 5.11. The molecular formula is C26H27ClN2O4S. The second-order valence-electron chi connectivity index (χ2n) is 8.71. The molecule has 0 bridgehead atoms. The van der Waals surface area contributed by atoms with Crippen LogP contribution in [0.1, 0.15) is 27.8 Å². The van der Waals surface area contributed by atoms with E-state index in [1.807, 2.05) is 37.3 Å². The van der Waals surface area contributed by atoms with Gasteiger partial charge in [0.25, 0.3) is 10.0 Å². The number of anilines is 2. The van der Waals surface area contributed by atoms with Gasteiger partial charge in [-0.25, -0.2) is 8.42 Å². The maximum absolute atomic E-state index is 13.9. The third-order valence-corrected chi connectivity index (χ3v) is 8.36. The standard InChI is InChI=1S/C26H27ClN2O4S/c1-17-12-18(2)26(19(3)13-17)34(32,33)29(16-25(30)31)24-9-5-8-23-22(24)10-11-28(23)15-20-6-4-7-21(27)14-20/h4-9,12-14H,10-11,15-16H2,1-3H3,(H,30,31). The number of carboxylic acid groups (broad SMARTS) is 1. The minimum Gasteiger partial charge on any atom is -0.480 e. The average molecular weight is 499 g/mol. The van der Waals surface area contributed by atoms with Crippen LogP contribution in [0.15, 0.2) is 59.5 Å². The van der Waals surface area contributed by atoms with Crippen LogP contribution in [0.2, 0.25) is 5.02 Å². The van der Waals surface area contributed by atoms with Crippen molar-refractivity contribution in [2.45, 2.75) is 38.6 Å². The zero-order chi connectivity index (χ0) is 24.6. The molecule has 3 aromatic rings. The summed E-state index contributed by atoms with van der Waals surface area (Å²) in [4.78, 5) is 14.1. The monoisotopic (exact) mass is 498 g/mol. The molecule has 0 aromatic heterocycles. The number of nitrogens with zero attached hydrogens (tertiary/aromatic N) is 2. The van der Waals surface area contributed by atoms with Gasteiger partial charge in [-0.15, -0.1) is 0 Å². The van der Waals surface area contributed by atoms with Gasteiger partial charge >= 0.3 is 5.97 Å². The van der Waals surface area contributed by atoms with Crippen LogP contribution in [0.3, 0.4) is 0 Å². The normalized spacial score (nSPS) is 13.1. The van der Waals surface area contributed by atoms with Gasteiger partial charge in [-0.1, -0.05) is 47.5 Å². The number of fused-ring (bicyclic) bond motifs is 1. The summed E-state index contributed by atoms with van der Waals surface area (Å²) in [5, 5.41) is 10.3. The van der Waals surface area contributed by atoms with Crippen molar-refractivity contribution in [2.24, 2.45) is 0 Å². The van der Waals surface area contributed by atoms with Crippen LogP contribution in [-0.4, -0.2) is 32.6 Å². The van der Waals surface area contributed by atoms with E-state index < -0.39 is 22.5 Å². The summed E-state index contributed by atoms with van der Waals surface area (Å²) >= 11 is 6.14. The lowest BCUT2D eigenvalue weighted by atomic mass is 10.1. The molecule has 3 aromatic carbocycles. The van der Waals surface area contributed by atoms with E-state index in [1.54, 1.807) is 38.1 Å². The number of aryl methyl sites for hydroxylation is 3. The molecule has 178 valence electrons. The number of hydrogen-bond donors (Lipinski definition) is 1. The second-order valence-corrected chi connectivity index (χ2v) is 10.9. The van der Waals surface area contributed by atoms with Gasteiger partial charge in [-0.3, -0.25) is 9.10 Å². The minimum atomic E-state index is -4.11. The Morgan fingerprint density at radius 2 is 1.74 bits per heavy atom. The Balaban J connectivity index is 1.79. The van der Waals surface area contributed by atoms with Gasteiger partial charge in [0.05, 0.1) is 10.6 Å². The summed E-state index contributed by atoms with van der Waals surface area (Å²) in [5.74, 6) is -1.21. The van der Waals surface area contributed by atoms with Crippen LogP contribution in [0.5, 0.6) is 0 Å². The largest absolute Gasteiger partial charge is 0.480 e. The molecule has 6 nitrogen and oxygen atoms in total. The first kappa shape index (κ1) is 24.1. The van der Waals surface area contributed by atoms with Crippen molar-refractivity contribution in [3.63, 3.8) is 0 Å². The lowest BCUT2D eigenvalue weighted by Gasteiger charge is -2.27. The SMILES string of the molecule is Cc1cc(C)c(S(=O)(=O)N(CC(=O)O)c2cccc3c2CCN3Cc2cccc(Cl)c2)c(C)c1. The second kappa shape index (κ2) is 9.31. The molecule has 0 amide bonds. The van der Waals surface area contributed by atoms with Crippen molar-refractivity contribution >= 4 is 39.0 Å². The van der Waals surface area contributed by atoms with Crippen molar-refractivity contribution in [1.82, 2.24) is 0 Å². The molecule has 0 spiro atoms. The molecule has 0 atom stereocenters. The lowest BCUT2D eigenvalue weighted by molar-refractivity contribution is -0.135. The van der Waals surface area contributed by atoms with E-state index in [0.717, 1.165) is 26.7 Å². The van der Waals surface area contributed by atoms with E-state index in [-0.39, 0.29) is 4.90 Å². The number of rotatable bonds is 7. The number of carbonyl (C=O) groups is 1. The fourth-order valence-corrected chi connectivity index (χ4v) is 6.92. The average Bonchev–Trinajstić information content (AvgIpc) is 3.14. The summed E-state index contributed by atoms with van der Waals surface area (Å²) < 4.78 is 28.8. The van der Waals surface area contributed by atoms with Gasteiger partial charge in [0.1, 0.15) is 6.54 Å². The first-order valence-corrected chi connectivity index (χ1v) is 12.8. The number of hydrogen-bond acceptors (Lipinski definition) is 4. The first-order valence-electron chi connectivity index (χ1n) is 11.0. The number of sulfonamides is 1. The molecule has 8 heteroatoms. The summed E-state index contributed by atoms with van der Waals surface area (Å²) in [6.45, 7) is 6.06. The van der Waals surface area contributed by atoms with E-state index in [0.29, 0.717) is 41.3 Å². The van der Waals surface area contributed by atoms with E-state index in [4.69, 9.17) is 11.6 Å². The molecule has 1 N–H and O–H groups in total. The van der Waals surface area contributed by atoms with Crippen LogP contribution in [0.4, 0.5) is 11.4 Å². The molecular weight excluding hydrogens is 472 g/mol. The van der Waals surface area contributed by atoms with Crippen LogP contribution >= 0.6 is 11.6 Å². The van der Waals surface area contributed by atoms with Crippen molar-refractivity contribution in [1.29, 1.82) is 0 Å². The first-order chi connectivity index (χ1) is 16.1. The van der Waals surface area contributed by atoms with Crippen LogP contribution < -0.4 is 9.21 Å². The Morgan fingerprint density at radius 3 is 2.38 bits per heavy atom. The van der Waals surface area contributed by atoms with E-state index in [1.165, 1.54) is 0 Å². The van der Waals surface area contributed by atoms with E-state index >= 15 is 0 Å². The molecule has 0 unspecified atom stereocenters. The summed E-state index contributed by atoms with van der Waals surface area (Å²) in [7, 11) is -4.11. The number of benzene rings is 3. The van der Waals surface area contributed by atoms with E-state index in [2.05, 4.69) is 4.90 Å². The highest BCUT2D eigenvalue weighted by Gasteiger charge is 2.34. The number of carboxylic acids is 1. The van der Waals surface area contributed by atoms with Crippen molar-refractivity contribution < 1.29 is 18.3 Å². The van der Waals surface area contributed by atoms with Gasteiger partial charge in [-0.05, 0) is 68.1 Å². The molecule has 4 rings (SSSR count). The topological polar surface area (TPSA) is 77.9 Å². The van der Waals surface area contributed by atoms with Crippen LogP contribution in [0.25, 0.3) is 0 Å². The molecule has 1 aliphatic rings. The fourth-order valence-electron chi connectivity index (χ4n) is 4.84. The van der Waals surface area contributed by atoms with Crippen molar-refractivity contribution in [2.75, 3.05) is 22.3 Å².